The number of ether oxygens (including phenoxy) is 3. The van der Waals surface area contributed by atoms with Crippen LogP contribution in [-0.2, 0) is 11.2 Å². The van der Waals surface area contributed by atoms with Crippen LogP contribution in [0.1, 0.15) is 53.5 Å². The smallest absolute Gasteiger partial charge is 0.213 e. The third-order valence-corrected chi connectivity index (χ3v) is 7.14. The molecule has 2 aromatic heterocycles. The predicted molar refractivity (Wildman–Crippen MR) is 153 cm³/mol. The molecule has 0 aliphatic rings. The van der Waals surface area contributed by atoms with Crippen LogP contribution in [0.25, 0.3) is 0 Å². The van der Waals surface area contributed by atoms with Crippen LogP contribution in [0.2, 0.25) is 10.0 Å². The van der Waals surface area contributed by atoms with Crippen molar-refractivity contribution in [3.05, 3.63) is 117 Å². The number of benzene rings is 2. The van der Waals surface area contributed by atoms with Gasteiger partial charge in [-0.05, 0) is 59.4 Å². The van der Waals surface area contributed by atoms with Crippen LogP contribution < -0.4 is 9.47 Å². The van der Waals surface area contributed by atoms with E-state index in [1.807, 2.05) is 49.6 Å². The Labute approximate surface area is 234 Å². The Morgan fingerprint density at radius 1 is 0.737 bits per heavy atom. The first kappa shape index (κ1) is 27.9. The molecule has 4 rings (SSSR count). The molecule has 4 aromatic rings. The van der Waals surface area contributed by atoms with E-state index in [1.54, 1.807) is 7.11 Å². The molecule has 2 unspecified atom stereocenters. The van der Waals surface area contributed by atoms with Gasteiger partial charge in [0, 0.05) is 53.5 Å². The third kappa shape index (κ3) is 7.25. The Kier molecular flexibility index (Phi) is 9.99. The topological polar surface area (TPSA) is 53.5 Å². The van der Waals surface area contributed by atoms with Crippen molar-refractivity contribution in [3.63, 3.8) is 0 Å². The van der Waals surface area contributed by atoms with Crippen molar-refractivity contribution in [2.24, 2.45) is 0 Å². The summed E-state index contributed by atoms with van der Waals surface area (Å²) in [4.78, 5) is 8.97. The molecule has 7 heteroatoms. The van der Waals surface area contributed by atoms with Gasteiger partial charge >= 0.3 is 0 Å². The van der Waals surface area contributed by atoms with E-state index in [0.29, 0.717) is 43.0 Å². The summed E-state index contributed by atoms with van der Waals surface area (Å²) in [6, 6.07) is 22.1. The Balaban J connectivity index is 1.61. The number of hydrogen-bond acceptors (Lipinski definition) is 5. The lowest BCUT2D eigenvalue weighted by Crippen LogP contribution is -2.09. The van der Waals surface area contributed by atoms with Crippen LogP contribution in [0.5, 0.6) is 11.8 Å². The molecule has 0 amide bonds. The largest absolute Gasteiger partial charge is 0.478 e. The fraction of sp³-hybridized carbons (Fsp3) is 0.290. The minimum absolute atomic E-state index is 0.0305. The van der Waals surface area contributed by atoms with Gasteiger partial charge in [0.05, 0.1) is 13.2 Å². The Hall–Kier alpha value is -3.12. The summed E-state index contributed by atoms with van der Waals surface area (Å²) in [5.41, 5.74) is 5.55. The predicted octanol–water partition coefficient (Wildman–Crippen LogP) is 7.73. The van der Waals surface area contributed by atoms with Crippen LogP contribution in [0.3, 0.4) is 0 Å². The highest BCUT2D eigenvalue weighted by molar-refractivity contribution is 6.31. The summed E-state index contributed by atoms with van der Waals surface area (Å²) in [5.74, 6) is 1.38. The molecular weight excluding hydrogens is 519 g/mol. The quantitative estimate of drug-likeness (QED) is 0.169. The lowest BCUT2D eigenvalue weighted by atomic mass is 9.85. The van der Waals surface area contributed by atoms with Crippen molar-refractivity contribution in [1.82, 2.24) is 9.97 Å². The second-order valence-corrected chi connectivity index (χ2v) is 9.86. The summed E-state index contributed by atoms with van der Waals surface area (Å²) in [7, 11) is 1.65. The average Bonchev–Trinajstić information content (AvgIpc) is 2.94. The summed E-state index contributed by atoms with van der Waals surface area (Å²) in [6.45, 7) is 5.68. The molecular formula is C31H32Cl2N2O3. The van der Waals surface area contributed by atoms with Gasteiger partial charge in [-0.25, -0.2) is 9.97 Å². The fourth-order valence-corrected chi connectivity index (χ4v) is 4.67. The molecule has 0 spiro atoms. The molecule has 198 valence electrons. The number of nitrogens with zero attached hydrogens (tertiary/aromatic N) is 2. The summed E-state index contributed by atoms with van der Waals surface area (Å²) in [6.07, 6.45) is 4.45. The molecule has 2 aromatic carbocycles. The SMILES string of the molecule is CCOc1ccc(C(C)c2ccc(Cl)c(CC(c3ccc(Cl)cc3)c3ccc(OCCOC)nc3)c2)cn1. The fourth-order valence-electron chi connectivity index (χ4n) is 4.35. The molecule has 0 fully saturated rings. The molecule has 5 nitrogen and oxygen atoms in total. The standard InChI is InChI=1S/C31H32Cl2N2O3/c1-4-37-30-13-8-24(19-34-30)21(2)23-7-12-29(33)26(17-23)18-28(22-5-10-27(32)11-6-22)25-9-14-31(35-20-25)38-16-15-36-3/h5-14,17,19-21,28H,4,15-16,18H2,1-3H3. The van der Waals surface area contributed by atoms with Crippen molar-refractivity contribution in [1.29, 1.82) is 0 Å². The number of rotatable bonds is 12. The highest BCUT2D eigenvalue weighted by Gasteiger charge is 2.19. The van der Waals surface area contributed by atoms with Crippen LogP contribution in [0.4, 0.5) is 0 Å². The first-order valence-electron chi connectivity index (χ1n) is 12.7. The normalized spacial score (nSPS) is 12.7. The zero-order chi connectivity index (χ0) is 26.9. The molecule has 2 atom stereocenters. The van der Waals surface area contributed by atoms with E-state index in [4.69, 9.17) is 37.4 Å². The number of hydrogen-bond donors (Lipinski definition) is 0. The van der Waals surface area contributed by atoms with Crippen molar-refractivity contribution < 1.29 is 14.2 Å². The van der Waals surface area contributed by atoms with Gasteiger partial charge in [0.1, 0.15) is 6.61 Å². The van der Waals surface area contributed by atoms with E-state index < -0.39 is 0 Å². The Bertz CT molecular complexity index is 1300. The van der Waals surface area contributed by atoms with Gasteiger partial charge < -0.3 is 14.2 Å². The second-order valence-electron chi connectivity index (χ2n) is 9.01. The maximum absolute atomic E-state index is 6.75. The highest BCUT2D eigenvalue weighted by Crippen LogP contribution is 2.34. The van der Waals surface area contributed by atoms with E-state index in [2.05, 4.69) is 53.3 Å². The minimum Gasteiger partial charge on any atom is -0.478 e. The van der Waals surface area contributed by atoms with Gasteiger partial charge in [0.25, 0.3) is 0 Å². The second kappa shape index (κ2) is 13.6. The van der Waals surface area contributed by atoms with Crippen molar-refractivity contribution in [2.75, 3.05) is 26.9 Å². The van der Waals surface area contributed by atoms with Crippen molar-refractivity contribution in [2.45, 2.75) is 32.1 Å². The zero-order valence-electron chi connectivity index (χ0n) is 21.9. The number of pyridine rings is 2. The van der Waals surface area contributed by atoms with Crippen LogP contribution in [-0.4, -0.2) is 36.9 Å². The molecule has 0 bridgehead atoms. The molecule has 0 aliphatic carbocycles. The first-order valence-corrected chi connectivity index (χ1v) is 13.4. The summed E-state index contributed by atoms with van der Waals surface area (Å²) < 4.78 is 16.2. The van der Waals surface area contributed by atoms with E-state index in [1.165, 1.54) is 5.56 Å². The number of halogens is 2. The van der Waals surface area contributed by atoms with Gasteiger partial charge in [-0.2, -0.15) is 0 Å². The van der Waals surface area contributed by atoms with Gasteiger partial charge in [0.15, 0.2) is 0 Å². The van der Waals surface area contributed by atoms with Gasteiger partial charge in [0.2, 0.25) is 11.8 Å². The maximum atomic E-state index is 6.75. The van der Waals surface area contributed by atoms with Crippen LogP contribution in [0, 0.1) is 0 Å². The lowest BCUT2D eigenvalue weighted by molar-refractivity contribution is 0.143. The summed E-state index contributed by atoms with van der Waals surface area (Å²) >= 11 is 12.9. The maximum Gasteiger partial charge on any atom is 0.213 e. The van der Waals surface area contributed by atoms with Gasteiger partial charge in [-0.1, -0.05) is 66.5 Å². The lowest BCUT2D eigenvalue weighted by Gasteiger charge is -2.21. The van der Waals surface area contributed by atoms with Crippen molar-refractivity contribution in [3.8, 4) is 11.8 Å². The van der Waals surface area contributed by atoms with E-state index in [0.717, 1.165) is 27.3 Å². The third-order valence-electron chi connectivity index (χ3n) is 6.52. The number of aromatic nitrogens is 2. The monoisotopic (exact) mass is 550 g/mol. The van der Waals surface area contributed by atoms with E-state index in [-0.39, 0.29) is 11.8 Å². The zero-order valence-corrected chi connectivity index (χ0v) is 23.4. The molecule has 0 N–H and O–H groups in total. The molecule has 0 saturated heterocycles. The summed E-state index contributed by atoms with van der Waals surface area (Å²) in [5, 5.41) is 1.43. The first-order chi connectivity index (χ1) is 18.5. The van der Waals surface area contributed by atoms with E-state index >= 15 is 0 Å². The van der Waals surface area contributed by atoms with Crippen LogP contribution >= 0.6 is 23.2 Å². The molecule has 0 radical (unpaired) electrons. The Morgan fingerprint density at radius 2 is 1.37 bits per heavy atom. The molecule has 2 heterocycles. The molecule has 0 saturated carbocycles. The highest BCUT2D eigenvalue weighted by atomic mass is 35.5. The molecule has 0 aliphatic heterocycles. The molecule has 38 heavy (non-hydrogen) atoms. The average molecular weight is 552 g/mol. The minimum atomic E-state index is 0.0305. The number of methoxy groups -OCH3 is 1. The van der Waals surface area contributed by atoms with Crippen molar-refractivity contribution >= 4 is 23.2 Å². The van der Waals surface area contributed by atoms with E-state index in [9.17, 15) is 0 Å². The van der Waals surface area contributed by atoms with Crippen LogP contribution in [0.15, 0.2) is 79.1 Å². The Morgan fingerprint density at radius 3 is 2.00 bits per heavy atom. The van der Waals surface area contributed by atoms with Gasteiger partial charge in [-0.3, -0.25) is 0 Å². The van der Waals surface area contributed by atoms with Gasteiger partial charge in [-0.15, -0.1) is 0 Å².